The van der Waals surface area contributed by atoms with Crippen LogP contribution in [0.3, 0.4) is 0 Å². The number of benzene rings is 1. The summed E-state index contributed by atoms with van der Waals surface area (Å²) in [5.74, 6) is 0. The van der Waals surface area contributed by atoms with E-state index in [1.165, 1.54) is 0 Å². The Hall–Kier alpha value is -1.35. The third-order valence-electron chi connectivity index (χ3n) is 2.13. The fourth-order valence-electron chi connectivity index (χ4n) is 1.33. The monoisotopic (exact) mass is 207 g/mol. The van der Waals surface area contributed by atoms with Crippen LogP contribution >= 0.6 is 11.6 Å². The Kier molecular flexibility index (Phi) is 2.50. The lowest BCUT2D eigenvalue weighted by Gasteiger charge is -2.05. The number of nitrogens with zero attached hydrogens (tertiary/aromatic N) is 3. The highest BCUT2D eigenvalue weighted by atomic mass is 35.5. The van der Waals surface area contributed by atoms with Gasteiger partial charge in [-0.05, 0) is 30.2 Å². The van der Waals surface area contributed by atoms with Crippen molar-refractivity contribution in [1.29, 1.82) is 0 Å². The molecule has 0 spiro atoms. The standard InChI is InChI=1S/C10H10ClN3/c1-2-8-5-9(3-4-10(8)11)14-6-12-13-7-14/h3-7H,2H2,1H3. The summed E-state index contributed by atoms with van der Waals surface area (Å²) in [7, 11) is 0. The topological polar surface area (TPSA) is 30.7 Å². The first-order chi connectivity index (χ1) is 6.81. The summed E-state index contributed by atoms with van der Waals surface area (Å²) in [4.78, 5) is 0. The highest BCUT2D eigenvalue weighted by Gasteiger charge is 2.01. The van der Waals surface area contributed by atoms with E-state index in [2.05, 4.69) is 17.1 Å². The van der Waals surface area contributed by atoms with Gasteiger partial charge in [0, 0.05) is 10.7 Å². The molecule has 0 aliphatic heterocycles. The van der Waals surface area contributed by atoms with E-state index in [4.69, 9.17) is 11.6 Å². The van der Waals surface area contributed by atoms with Crippen molar-refractivity contribution in [2.24, 2.45) is 0 Å². The molecule has 14 heavy (non-hydrogen) atoms. The Labute approximate surface area is 87.3 Å². The first kappa shape index (κ1) is 9.21. The van der Waals surface area contributed by atoms with E-state index >= 15 is 0 Å². The quantitative estimate of drug-likeness (QED) is 0.758. The van der Waals surface area contributed by atoms with Crippen LogP contribution in [0.2, 0.25) is 5.02 Å². The second kappa shape index (κ2) is 3.80. The third kappa shape index (κ3) is 1.63. The summed E-state index contributed by atoms with van der Waals surface area (Å²) in [5, 5.41) is 8.32. The van der Waals surface area contributed by atoms with Crippen molar-refractivity contribution in [2.45, 2.75) is 13.3 Å². The van der Waals surface area contributed by atoms with Gasteiger partial charge in [-0.25, -0.2) is 0 Å². The molecule has 0 radical (unpaired) electrons. The molecular formula is C10H10ClN3. The van der Waals surface area contributed by atoms with Crippen molar-refractivity contribution < 1.29 is 0 Å². The van der Waals surface area contributed by atoms with Crippen molar-refractivity contribution in [3.05, 3.63) is 41.4 Å². The molecule has 0 N–H and O–H groups in total. The smallest absolute Gasteiger partial charge is 0.123 e. The molecule has 0 fully saturated rings. The largest absolute Gasteiger partial charge is 0.288 e. The van der Waals surface area contributed by atoms with Gasteiger partial charge in [0.2, 0.25) is 0 Å². The highest BCUT2D eigenvalue weighted by Crippen LogP contribution is 2.19. The van der Waals surface area contributed by atoms with Gasteiger partial charge < -0.3 is 0 Å². The van der Waals surface area contributed by atoms with Gasteiger partial charge in [0.1, 0.15) is 12.7 Å². The first-order valence-corrected chi connectivity index (χ1v) is 4.82. The molecule has 72 valence electrons. The number of hydrogen-bond donors (Lipinski definition) is 0. The Bertz CT molecular complexity index is 423. The minimum Gasteiger partial charge on any atom is -0.288 e. The van der Waals surface area contributed by atoms with Crippen LogP contribution in [0, 0.1) is 0 Å². The maximum absolute atomic E-state index is 6.02. The molecule has 0 unspecified atom stereocenters. The number of aromatic nitrogens is 3. The number of rotatable bonds is 2. The highest BCUT2D eigenvalue weighted by molar-refractivity contribution is 6.31. The molecule has 0 atom stereocenters. The van der Waals surface area contributed by atoms with Crippen LogP contribution in [-0.2, 0) is 6.42 Å². The lowest BCUT2D eigenvalue weighted by Crippen LogP contribution is -1.92. The van der Waals surface area contributed by atoms with Crippen LogP contribution in [-0.4, -0.2) is 14.8 Å². The Balaban J connectivity index is 2.46. The summed E-state index contributed by atoms with van der Waals surface area (Å²) in [6.45, 7) is 2.08. The fraction of sp³-hybridized carbons (Fsp3) is 0.200. The zero-order valence-electron chi connectivity index (χ0n) is 7.81. The lowest BCUT2D eigenvalue weighted by atomic mass is 10.1. The van der Waals surface area contributed by atoms with Gasteiger partial charge in [0.25, 0.3) is 0 Å². The molecular weight excluding hydrogens is 198 g/mol. The molecule has 0 saturated carbocycles. The van der Waals surface area contributed by atoms with Crippen LogP contribution in [0.15, 0.2) is 30.9 Å². The van der Waals surface area contributed by atoms with Gasteiger partial charge in [0.15, 0.2) is 0 Å². The summed E-state index contributed by atoms with van der Waals surface area (Å²) in [6.07, 6.45) is 4.26. The molecule has 1 aromatic carbocycles. The van der Waals surface area contributed by atoms with Gasteiger partial charge in [-0.2, -0.15) is 0 Å². The number of hydrogen-bond acceptors (Lipinski definition) is 2. The van der Waals surface area contributed by atoms with Gasteiger partial charge in [-0.3, -0.25) is 4.57 Å². The summed E-state index contributed by atoms with van der Waals surface area (Å²) in [6, 6.07) is 5.90. The van der Waals surface area contributed by atoms with E-state index in [-0.39, 0.29) is 0 Å². The minimum absolute atomic E-state index is 0.810. The second-order valence-corrected chi connectivity index (χ2v) is 3.41. The summed E-state index contributed by atoms with van der Waals surface area (Å²) < 4.78 is 1.86. The maximum atomic E-state index is 6.02. The second-order valence-electron chi connectivity index (χ2n) is 3.00. The van der Waals surface area contributed by atoms with Crippen molar-refractivity contribution in [2.75, 3.05) is 0 Å². The maximum Gasteiger partial charge on any atom is 0.123 e. The fourth-order valence-corrected chi connectivity index (χ4v) is 1.58. The van der Waals surface area contributed by atoms with Crippen LogP contribution in [0.25, 0.3) is 5.69 Å². The predicted octanol–water partition coefficient (Wildman–Crippen LogP) is 2.48. The Morgan fingerprint density at radius 2 is 2.00 bits per heavy atom. The summed E-state index contributed by atoms with van der Waals surface area (Å²) in [5.41, 5.74) is 2.18. The van der Waals surface area contributed by atoms with E-state index in [0.717, 1.165) is 22.7 Å². The van der Waals surface area contributed by atoms with E-state index in [1.807, 2.05) is 22.8 Å². The van der Waals surface area contributed by atoms with Crippen molar-refractivity contribution in [3.8, 4) is 5.69 Å². The molecule has 0 aliphatic rings. The lowest BCUT2D eigenvalue weighted by molar-refractivity contribution is 1.04. The Morgan fingerprint density at radius 1 is 1.29 bits per heavy atom. The number of halogens is 1. The van der Waals surface area contributed by atoms with Crippen molar-refractivity contribution >= 4 is 11.6 Å². The third-order valence-corrected chi connectivity index (χ3v) is 2.50. The average Bonchev–Trinajstić information content (AvgIpc) is 2.71. The van der Waals surface area contributed by atoms with Gasteiger partial charge >= 0.3 is 0 Å². The summed E-state index contributed by atoms with van der Waals surface area (Å²) >= 11 is 6.02. The zero-order valence-corrected chi connectivity index (χ0v) is 8.57. The predicted molar refractivity (Wildman–Crippen MR) is 55.7 cm³/mol. The van der Waals surface area contributed by atoms with E-state index in [0.29, 0.717) is 0 Å². The minimum atomic E-state index is 0.810. The van der Waals surface area contributed by atoms with Crippen LogP contribution in [0.1, 0.15) is 12.5 Å². The van der Waals surface area contributed by atoms with E-state index < -0.39 is 0 Å². The molecule has 2 rings (SSSR count). The average molecular weight is 208 g/mol. The van der Waals surface area contributed by atoms with Crippen LogP contribution in [0.5, 0.6) is 0 Å². The SMILES string of the molecule is CCc1cc(-n2cnnc2)ccc1Cl. The van der Waals surface area contributed by atoms with Gasteiger partial charge in [-0.1, -0.05) is 18.5 Å². The molecule has 0 amide bonds. The Morgan fingerprint density at radius 3 is 2.64 bits per heavy atom. The molecule has 4 heteroatoms. The zero-order chi connectivity index (χ0) is 9.97. The van der Waals surface area contributed by atoms with Crippen molar-refractivity contribution in [3.63, 3.8) is 0 Å². The molecule has 3 nitrogen and oxygen atoms in total. The molecule has 0 bridgehead atoms. The van der Waals surface area contributed by atoms with E-state index in [9.17, 15) is 0 Å². The number of aryl methyl sites for hydroxylation is 1. The van der Waals surface area contributed by atoms with Crippen LogP contribution < -0.4 is 0 Å². The molecule has 1 heterocycles. The van der Waals surface area contributed by atoms with Crippen LogP contribution in [0.4, 0.5) is 0 Å². The first-order valence-electron chi connectivity index (χ1n) is 4.44. The normalized spacial score (nSPS) is 10.4. The van der Waals surface area contributed by atoms with E-state index in [1.54, 1.807) is 12.7 Å². The van der Waals surface area contributed by atoms with Crippen molar-refractivity contribution in [1.82, 2.24) is 14.8 Å². The molecule has 0 aliphatic carbocycles. The van der Waals surface area contributed by atoms with Gasteiger partial charge in [0.05, 0.1) is 0 Å². The molecule has 1 aromatic heterocycles. The van der Waals surface area contributed by atoms with Gasteiger partial charge in [-0.15, -0.1) is 10.2 Å². The molecule has 0 saturated heterocycles. The molecule has 2 aromatic rings.